The summed E-state index contributed by atoms with van der Waals surface area (Å²) in [5, 5.41) is 0. The van der Waals surface area contributed by atoms with Crippen molar-refractivity contribution in [2.45, 2.75) is 46.6 Å². The smallest absolute Gasteiger partial charge is 0.123 e. The molecule has 0 fully saturated rings. The van der Waals surface area contributed by atoms with Crippen LogP contribution in [0.4, 0.5) is 5.69 Å². The van der Waals surface area contributed by atoms with E-state index in [4.69, 9.17) is 15.2 Å². The molecule has 3 nitrogen and oxygen atoms in total. The van der Waals surface area contributed by atoms with E-state index in [1.807, 2.05) is 32.9 Å². The summed E-state index contributed by atoms with van der Waals surface area (Å²) < 4.78 is 11.3. The van der Waals surface area contributed by atoms with E-state index in [0.717, 1.165) is 22.6 Å². The average molecular weight is 251 g/mol. The van der Waals surface area contributed by atoms with Crippen LogP contribution in [0, 0.1) is 6.92 Å². The lowest BCUT2D eigenvalue weighted by Crippen LogP contribution is -2.12. The highest BCUT2D eigenvalue weighted by Crippen LogP contribution is 2.30. The van der Waals surface area contributed by atoms with Gasteiger partial charge in [-0.25, -0.2) is 0 Å². The minimum Gasteiger partial charge on any atom is -0.491 e. The standard InChI is InChI=1S/C15H25NO2/c1-10(2)13-9-14(16)12(5)8-15(13)18-7-6-17-11(3)4/h8-11H,6-7,16H2,1-5H3. The van der Waals surface area contributed by atoms with Crippen LogP contribution in [0.5, 0.6) is 5.75 Å². The lowest BCUT2D eigenvalue weighted by molar-refractivity contribution is 0.0550. The number of nitrogens with two attached hydrogens (primary N) is 1. The molecule has 0 aliphatic carbocycles. The third kappa shape index (κ3) is 4.22. The Morgan fingerprint density at radius 3 is 2.33 bits per heavy atom. The molecule has 0 aromatic heterocycles. The molecule has 0 aliphatic rings. The van der Waals surface area contributed by atoms with Gasteiger partial charge in [-0.05, 0) is 49.9 Å². The molecule has 0 radical (unpaired) electrons. The lowest BCUT2D eigenvalue weighted by Gasteiger charge is -2.17. The zero-order valence-corrected chi connectivity index (χ0v) is 12.1. The van der Waals surface area contributed by atoms with Gasteiger partial charge in [0.15, 0.2) is 0 Å². The first kappa shape index (κ1) is 14.8. The van der Waals surface area contributed by atoms with Crippen molar-refractivity contribution in [2.24, 2.45) is 0 Å². The fraction of sp³-hybridized carbons (Fsp3) is 0.600. The second-order valence-corrected chi connectivity index (χ2v) is 5.17. The molecule has 1 aromatic carbocycles. The van der Waals surface area contributed by atoms with Crippen LogP contribution in [0.3, 0.4) is 0 Å². The molecule has 0 unspecified atom stereocenters. The Balaban J connectivity index is 2.71. The van der Waals surface area contributed by atoms with Crippen molar-refractivity contribution in [3.8, 4) is 5.75 Å². The summed E-state index contributed by atoms with van der Waals surface area (Å²) in [6, 6.07) is 4.03. The van der Waals surface area contributed by atoms with Gasteiger partial charge in [-0.3, -0.25) is 0 Å². The van der Waals surface area contributed by atoms with Crippen LogP contribution in [-0.4, -0.2) is 19.3 Å². The monoisotopic (exact) mass is 251 g/mol. The van der Waals surface area contributed by atoms with E-state index < -0.39 is 0 Å². The summed E-state index contributed by atoms with van der Waals surface area (Å²) in [6.45, 7) is 11.5. The third-order valence-corrected chi connectivity index (χ3v) is 2.81. The van der Waals surface area contributed by atoms with Gasteiger partial charge >= 0.3 is 0 Å². The van der Waals surface area contributed by atoms with Gasteiger partial charge in [0.2, 0.25) is 0 Å². The van der Waals surface area contributed by atoms with E-state index in [0.29, 0.717) is 19.1 Å². The van der Waals surface area contributed by atoms with Crippen LogP contribution in [-0.2, 0) is 4.74 Å². The van der Waals surface area contributed by atoms with Crippen LogP contribution in [0.2, 0.25) is 0 Å². The predicted molar refractivity (Wildman–Crippen MR) is 76.3 cm³/mol. The maximum Gasteiger partial charge on any atom is 0.123 e. The molecule has 18 heavy (non-hydrogen) atoms. The molecular weight excluding hydrogens is 226 g/mol. The van der Waals surface area contributed by atoms with E-state index in [9.17, 15) is 0 Å². The molecule has 1 rings (SSSR count). The van der Waals surface area contributed by atoms with E-state index >= 15 is 0 Å². The SMILES string of the molecule is Cc1cc(OCCOC(C)C)c(C(C)C)cc1N. The van der Waals surface area contributed by atoms with Gasteiger partial charge in [0.1, 0.15) is 12.4 Å². The molecule has 0 bridgehead atoms. The summed E-state index contributed by atoms with van der Waals surface area (Å²) in [7, 11) is 0. The first-order valence-corrected chi connectivity index (χ1v) is 6.56. The average Bonchev–Trinajstić information content (AvgIpc) is 2.28. The molecule has 3 heteroatoms. The zero-order valence-electron chi connectivity index (χ0n) is 12.1. The van der Waals surface area contributed by atoms with E-state index in [1.165, 1.54) is 0 Å². The van der Waals surface area contributed by atoms with Crippen molar-refractivity contribution in [1.29, 1.82) is 0 Å². The van der Waals surface area contributed by atoms with E-state index in [1.54, 1.807) is 0 Å². The number of ether oxygens (including phenoxy) is 2. The molecule has 0 spiro atoms. The lowest BCUT2D eigenvalue weighted by atomic mass is 9.99. The highest BCUT2D eigenvalue weighted by molar-refractivity contribution is 5.55. The minimum atomic E-state index is 0.242. The Hall–Kier alpha value is -1.22. The first-order valence-electron chi connectivity index (χ1n) is 6.56. The highest BCUT2D eigenvalue weighted by Gasteiger charge is 2.10. The molecule has 1 aromatic rings. The number of nitrogen functional groups attached to an aromatic ring is 1. The summed E-state index contributed by atoms with van der Waals surface area (Å²) in [5.74, 6) is 1.32. The molecule has 102 valence electrons. The maximum absolute atomic E-state index is 5.94. The van der Waals surface area contributed by atoms with Crippen molar-refractivity contribution >= 4 is 5.69 Å². The summed E-state index contributed by atoms with van der Waals surface area (Å²) in [5.41, 5.74) is 8.98. The summed E-state index contributed by atoms with van der Waals surface area (Å²) >= 11 is 0. The quantitative estimate of drug-likeness (QED) is 0.621. The fourth-order valence-corrected chi connectivity index (χ4v) is 1.73. The molecule has 2 N–H and O–H groups in total. The van der Waals surface area contributed by atoms with Gasteiger partial charge in [0.05, 0.1) is 12.7 Å². The van der Waals surface area contributed by atoms with Gasteiger partial charge in [-0.1, -0.05) is 13.8 Å². The maximum atomic E-state index is 5.94. The number of aryl methyl sites for hydroxylation is 1. The molecule has 0 saturated carbocycles. The Labute approximate surface area is 110 Å². The van der Waals surface area contributed by atoms with Gasteiger partial charge in [-0.2, -0.15) is 0 Å². The van der Waals surface area contributed by atoms with Crippen molar-refractivity contribution in [3.05, 3.63) is 23.3 Å². The normalized spacial score (nSPS) is 11.3. The number of rotatable bonds is 6. The van der Waals surface area contributed by atoms with Gasteiger partial charge in [0, 0.05) is 5.69 Å². The number of anilines is 1. The topological polar surface area (TPSA) is 44.5 Å². The minimum absolute atomic E-state index is 0.242. The number of hydrogen-bond donors (Lipinski definition) is 1. The van der Waals surface area contributed by atoms with Crippen molar-refractivity contribution in [1.82, 2.24) is 0 Å². The van der Waals surface area contributed by atoms with E-state index in [-0.39, 0.29) is 6.10 Å². The van der Waals surface area contributed by atoms with Crippen LogP contribution in [0.15, 0.2) is 12.1 Å². The summed E-state index contributed by atoms with van der Waals surface area (Å²) in [4.78, 5) is 0. The third-order valence-electron chi connectivity index (χ3n) is 2.81. The van der Waals surface area contributed by atoms with E-state index in [2.05, 4.69) is 13.8 Å². The van der Waals surface area contributed by atoms with Crippen LogP contribution < -0.4 is 10.5 Å². The van der Waals surface area contributed by atoms with Crippen molar-refractivity contribution in [2.75, 3.05) is 18.9 Å². The van der Waals surface area contributed by atoms with Gasteiger partial charge < -0.3 is 15.2 Å². The molecular formula is C15H25NO2. The number of benzene rings is 1. The molecule has 0 atom stereocenters. The molecule has 0 aliphatic heterocycles. The zero-order chi connectivity index (χ0) is 13.7. The van der Waals surface area contributed by atoms with Crippen molar-refractivity contribution in [3.63, 3.8) is 0 Å². The summed E-state index contributed by atoms with van der Waals surface area (Å²) in [6.07, 6.45) is 0.242. The predicted octanol–water partition coefficient (Wildman–Crippen LogP) is 3.50. The van der Waals surface area contributed by atoms with Crippen molar-refractivity contribution < 1.29 is 9.47 Å². The molecule has 0 heterocycles. The molecule has 0 saturated heterocycles. The first-order chi connectivity index (χ1) is 8.41. The largest absolute Gasteiger partial charge is 0.491 e. The second-order valence-electron chi connectivity index (χ2n) is 5.17. The Bertz CT molecular complexity index is 386. The Morgan fingerprint density at radius 2 is 1.78 bits per heavy atom. The van der Waals surface area contributed by atoms with Crippen LogP contribution in [0.1, 0.15) is 44.7 Å². The second kappa shape index (κ2) is 6.64. The Kier molecular flexibility index (Phi) is 5.48. The van der Waals surface area contributed by atoms with Crippen LogP contribution >= 0.6 is 0 Å². The van der Waals surface area contributed by atoms with Crippen LogP contribution in [0.25, 0.3) is 0 Å². The van der Waals surface area contributed by atoms with Gasteiger partial charge in [-0.15, -0.1) is 0 Å². The fourth-order valence-electron chi connectivity index (χ4n) is 1.73. The highest BCUT2D eigenvalue weighted by atomic mass is 16.5. The van der Waals surface area contributed by atoms with Gasteiger partial charge in [0.25, 0.3) is 0 Å². The molecule has 0 amide bonds. The number of hydrogen-bond acceptors (Lipinski definition) is 3. The Morgan fingerprint density at radius 1 is 1.11 bits per heavy atom.